The molecule has 2 aliphatic heterocycles. The number of hydrogen-bond acceptors (Lipinski definition) is 4. The first kappa shape index (κ1) is 16.6. The molecule has 0 aromatic heterocycles. The summed E-state index contributed by atoms with van der Waals surface area (Å²) in [5, 5.41) is 3.45. The lowest BCUT2D eigenvalue weighted by Crippen LogP contribution is -2.31. The minimum absolute atomic E-state index is 0.0571. The van der Waals surface area contributed by atoms with Gasteiger partial charge >= 0.3 is 0 Å². The zero-order valence-electron chi connectivity index (χ0n) is 12.9. The highest BCUT2D eigenvalue weighted by molar-refractivity contribution is 7.91. The average molecular weight is 357 g/mol. The summed E-state index contributed by atoms with van der Waals surface area (Å²) >= 11 is 6.08. The average Bonchev–Trinajstić information content (AvgIpc) is 2.89. The lowest BCUT2D eigenvalue weighted by molar-refractivity contribution is -0.119. The fraction of sp³-hybridized carbons (Fsp3) is 0.562. The third-order valence-electron chi connectivity index (χ3n) is 4.52. The van der Waals surface area contributed by atoms with Crippen molar-refractivity contribution < 1.29 is 13.2 Å². The van der Waals surface area contributed by atoms with Crippen molar-refractivity contribution in [3.05, 3.63) is 23.2 Å². The molecule has 0 spiro atoms. The molecule has 2 heterocycles. The maximum Gasteiger partial charge on any atom is 0.228 e. The van der Waals surface area contributed by atoms with Crippen molar-refractivity contribution in [1.82, 2.24) is 0 Å². The van der Waals surface area contributed by atoms with Gasteiger partial charge in [-0.25, -0.2) is 8.42 Å². The molecule has 3 rings (SSSR count). The van der Waals surface area contributed by atoms with Gasteiger partial charge in [-0.3, -0.25) is 4.79 Å². The van der Waals surface area contributed by atoms with Crippen molar-refractivity contribution in [2.45, 2.75) is 25.7 Å². The zero-order chi connectivity index (χ0) is 16.4. The Balaban J connectivity index is 1.78. The molecule has 7 heteroatoms. The van der Waals surface area contributed by atoms with E-state index in [0.717, 1.165) is 31.6 Å². The number of sulfone groups is 1. The van der Waals surface area contributed by atoms with Gasteiger partial charge in [0.05, 0.1) is 28.8 Å². The number of carbonyl (C=O) groups excluding carboxylic acids is 1. The first-order valence-electron chi connectivity index (χ1n) is 8.00. The molecule has 1 unspecified atom stereocenters. The highest BCUT2D eigenvalue weighted by Gasteiger charge is 2.33. The van der Waals surface area contributed by atoms with Crippen LogP contribution in [0.15, 0.2) is 18.2 Å². The van der Waals surface area contributed by atoms with E-state index in [2.05, 4.69) is 10.2 Å². The van der Waals surface area contributed by atoms with E-state index in [-0.39, 0.29) is 17.4 Å². The summed E-state index contributed by atoms with van der Waals surface area (Å²) < 4.78 is 23.1. The highest BCUT2D eigenvalue weighted by Crippen LogP contribution is 2.32. The maximum atomic E-state index is 12.4. The largest absolute Gasteiger partial charge is 0.370 e. The number of nitrogens with zero attached hydrogens (tertiary/aromatic N) is 1. The van der Waals surface area contributed by atoms with Crippen molar-refractivity contribution in [2.24, 2.45) is 5.92 Å². The van der Waals surface area contributed by atoms with Crippen LogP contribution in [0.5, 0.6) is 0 Å². The fourth-order valence-corrected chi connectivity index (χ4v) is 5.17. The molecule has 1 N–H and O–H groups in total. The Hall–Kier alpha value is -1.27. The van der Waals surface area contributed by atoms with Crippen LogP contribution < -0.4 is 10.2 Å². The monoisotopic (exact) mass is 356 g/mol. The molecular formula is C16H21ClN2O3S. The molecule has 1 atom stereocenters. The minimum atomic E-state index is -3.07. The van der Waals surface area contributed by atoms with E-state index < -0.39 is 15.8 Å². The third kappa shape index (κ3) is 3.98. The topological polar surface area (TPSA) is 66.5 Å². The second-order valence-corrected chi connectivity index (χ2v) is 8.96. The van der Waals surface area contributed by atoms with Crippen molar-refractivity contribution >= 4 is 38.7 Å². The predicted molar refractivity (Wildman–Crippen MR) is 92.9 cm³/mol. The Labute approximate surface area is 141 Å². The summed E-state index contributed by atoms with van der Waals surface area (Å²) in [6.45, 7) is 1.92. The molecule has 0 radical (unpaired) electrons. The highest BCUT2D eigenvalue weighted by atomic mass is 35.5. The minimum Gasteiger partial charge on any atom is -0.370 e. The van der Waals surface area contributed by atoms with Gasteiger partial charge in [-0.05, 0) is 43.9 Å². The van der Waals surface area contributed by atoms with Gasteiger partial charge in [0.25, 0.3) is 0 Å². The number of halogens is 1. The van der Waals surface area contributed by atoms with Crippen molar-refractivity contribution in [3.63, 3.8) is 0 Å². The molecule has 1 amide bonds. The molecular weight excluding hydrogens is 336 g/mol. The second-order valence-electron chi connectivity index (χ2n) is 6.30. The standard InChI is InChI=1S/C16H21ClN2O3S/c17-13-4-5-15(19-7-2-1-3-8-19)14(10-13)18-16(20)12-6-9-23(21,22)11-12/h4-5,10,12H,1-3,6-9,11H2,(H,18,20). The van der Waals surface area contributed by atoms with E-state index in [4.69, 9.17) is 11.6 Å². The van der Waals surface area contributed by atoms with E-state index >= 15 is 0 Å². The van der Waals surface area contributed by atoms with Gasteiger partial charge in [-0.1, -0.05) is 11.6 Å². The Morgan fingerprint density at radius 3 is 2.61 bits per heavy atom. The summed E-state index contributed by atoms with van der Waals surface area (Å²) in [6, 6.07) is 5.49. The lowest BCUT2D eigenvalue weighted by atomic mass is 10.1. The van der Waals surface area contributed by atoms with Gasteiger partial charge < -0.3 is 10.2 Å². The third-order valence-corrected chi connectivity index (χ3v) is 6.52. The van der Waals surface area contributed by atoms with Crippen LogP contribution in [0.4, 0.5) is 11.4 Å². The number of rotatable bonds is 3. The van der Waals surface area contributed by atoms with Crippen LogP contribution in [0, 0.1) is 5.92 Å². The van der Waals surface area contributed by atoms with Crippen LogP contribution >= 0.6 is 11.6 Å². The molecule has 23 heavy (non-hydrogen) atoms. The molecule has 0 aliphatic carbocycles. The Morgan fingerprint density at radius 2 is 1.96 bits per heavy atom. The van der Waals surface area contributed by atoms with E-state index in [1.807, 2.05) is 12.1 Å². The molecule has 0 bridgehead atoms. The number of piperidine rings is 1. The maximum absolute atomic E-state index is 12.4. The Bertz CT molecular complexity index is 699. The SMILES string of the molecule is O=C(Nc1cc(Cl)ccc1N1CCCCC1)C1CCS(=O)(=O)C1. The molecule has 0 saturated carbocycles. The van der Waals surface area contributed by atoms with Gasteiger partial charge in [0.1, 0.15) is 0 Å². The van der Waals surface area contributed by atoms with Crippen LogP contribution in [0.25, 0.3) is 0 Å². The van der Waals surface area contributed by atoms with Crippen molar-refractivity contribution in [3.8, 4) is 0 Å². The lowest BCUT2D eigenvalue weighted by Gasteiger charge is -2.30. The molecule has 1 aromatic carbocycles. The molecule has 1 aromatic rings. The van der Waals surface area contributed by atoms with Crippen LogP contribution in [0.1, 0.15) is 25.7 Å². The normalized spacial score (nSPS) is 23.7. The van der Waals surface area contributed by atoms with Crippen molar-refractivity contribution in [1.29, 1.82) is 0 Å². The van der Waals surface area contributed by atoms with E-state index in [1.54, 1.807) is 6.07 Å². The first-order valence-corrected chi connectivity index (χ1v) is 10.2. The van der Waals surface area contributed by atoms with Crippen molar-refractivity contribution in [2.75, 3.05) is 34.8 Å². The number of carbonyl (C=O) groups is 1. The smallest absolute Gasteiger partial charge is 0.228 e. The van der Waals surface area contributed by atoms with E-state index in [9.17, 15) is 13.2 Å². The summed E-state index contributed by atoms with van der Waals surface area (Å²) in [6.07, 6.45) is 3.90. The van der Waals surface area contributed by atoms with Gasteiger partial charge in [0.15, 0.2) is 9.84 Å². The van der Waals surface area contributed by atoms with Gasteiger partial charge in [-0.15, -0.1) is 0 Å². The van der Waals surface area contributed by atoms with Crippen LogP contribution in [0.2, 0.25) is 5.02 Å². The summed E-state index contributed by atoms with van der Waals surface area (Å²) in [7, 11) is -3.07. The van der Waals surface area contributed by atoms with Gasteiger partial charge in [0, 0.05) is 18.1 Å². The van der Waals surface area contributed by atoms with Crippen LogP contribution in [-0.4, -0.2) is 38.9 Å². The first-order chi connectivity index (χ1) is 10.9. The van der Waals surface area contributed by atoms with E-state index in [0.29, 0.717) is 17.1 Å². The molecule has 5 nitrogen and oxygen atoms in total. The molecule has 2 fully saturated rings. The van der Waals surface area contributed by atoms with Crippen LogP contribution in [0.3, 0.4) is 0 Å². The number of anilines is 2. The Kier molecular flexibility index (Phi) is 4.82. The summed E-state index contributed by atoms with van der Waals surface area (Å²) in [5.74, 6) is -0.655. The molecule has 2 saturated heterocycles. The second kappa shape index (κ2) is 6.69. The molecule has 126 valence electrons. The number of hydrogen-bond donors (Lipinski definition) is 1. The van der Waals surface area contributed by atoms with Gasteiger partial charge in [0.2, 0.25) is 5.91 Å². The van der Waals surface area contributed by atoms with E-state index in [1.165, 1.54) is 6.42 Å². The predicted octanol–water partition coefficient (Wildman–Crippen LogP) is 2.70. The number of amides is 1. The zero-order valence-corrected chi connectivity index (χ0v) is 14.5. The quantitative estimate of drug-likeness (QED) is 0.904. The number of nitrogens with one attached hydrogen (secondary N) is 1. The fourth-order valence-electron chi connectivity index (χ4n) is 3.26. The summed E-state index contributed by atoms with van der Waals surface area (Å²) in [4.78, 5) is 14.7. The van der Waals surface area contributed by atoms with Gasteiger partial charge in [-0.2, -0.15) is 0 Å². The molecule has 2 aliphatic rings. The number of benzene rings is 1. The van der Waals surface area contributed by atoms with Crippen LogP contribution in [-0.2, 0) is 14.6 Å². The summed E-state index contributed by atoms with van der Waals surface area (Å²) in [5.41, 5.74) is 1.64. The Morgan fingerprint density at radius 1 is 1.22 bits per heavy atom.